The van der Waals surface area contributed by atoms with Crippen molar-refractivity contribution in [3.05, 3.63) is 52.4 Å². The van der Waals surface area contributed by atoms with Crippen molar-refractivity contribution in [1.29, 1.82) is 0 Å². The smallest absolute Gasteiger partial charge is 0.270 e. The lowest BCUT2D eigenvalue weighted by Gasteiger charge is -2.11. The Hall–Kier alpha value is -2.45. The molecule has 1 atom stereocenters. The van der Waals surface area contributed by atoms with E-state index in [2.05, 4.69) is 26.3 Å². The van der Waals surface area contributed by atoms with Crippen LogP contribution in [0.25, 0.3) is 11.3 Å². The molecule has 3 aromatic rings. The van der Waals surface area contributed by atoms with E-state index in [0.717, 1.165) is 44.7 Å². The number of thiazole rings is 1. The van der Waals surface area contributed by atoms with Crippen LogP contribution in [-0.2, 0) is 6.42 Å². The molecule has 6 nitrogen and oxygen atoms in total. The van der Waals surface area contributed by atoms with Gasteiger partial charge in [-0.25, -0.2) is 9.97 Å². The van der Waals surface area contributed by atoms with E-state index in [0.29, 0.717) is 12.2 Å². The average molecular weight is 413 g/mol. The van der Waals surface area contributed by atoms with Crippen molar-refractivity contribution in [3.63, 3.8) is 0 Å². The van der Waals surface area contributed by atoms with Crippen LogP contribution < -0.4 is 10.1 Å². The molecule has 1 aliphatic rings. The minimum absolute atomic E-state index is 0.0856. The number of carbonyl (C=O) groups is 1. The summed E-state index contributed by atoms with van der Waals surface area (Å²) < 4.78 is 6.88. The number of hydrogen-bond donors (Lipinski definition) is 1. The van der Waals surface area contributed by atoms with E-state index in [1.807, 2.05) is 32.2 Å². The second-order valence-corrected chi connectivity index (χ2v) is 8.54. The average Bonchev–Trinajstić information content (AvgIpc) is 3.34. The second-order valence-electron chi connectivity index (χ2n) is 6.62. The van der Waals surface area contributed by atoms with Crippen molar-refractivity contribution in [3.8, 4) is 17.0 Å². The molecule has 8 heteroatoms. The number of aryl methyl sites for hydroxylation is 2. The van der Waals surface area contributed by atoms with Crippen LogP contribution in [0.1, 0.15) is 27.4 Å². The number of carbonyl (C=O) groups excluding carboxylic acids is 1. The molecule has 0 radical (unpaired) electrons. The molecule has 0 spiro atoms. The van der Waals surface area contributed by atoms with E-state index in [4.69, 9.17) is 4.74 Å². The molecule has 1 aromatic carbocycles. The molecule has 0 aliphatic carbocycles. The third-order valence-corrected chi connectivity index (χ3v) is 6.39. The number of fused-ring (bicyclic) bond motifs is 1. The number of nitrogens with one attached hydrogen (secondary N) is 1. The minimum Gasteiger partial charge on any atom is -0.488 e. The van der Waals surface area contributed by atoms with Gasteiger partial charge in [0.05, 0.1) is 23.6 Å². The number of rotatable bonds is 5. The molecule has 144 valence electrons. The Morgan fingerprint density at radius 2 is 2.21 bits per heavy atom. The molecular weight excluding hydrogens is 392 g/mol. The number of thioether (sulfide) groups is 1. The van der Waals surface area contributed by atoms with E-state index in [-0.39, 0.29) is 12.0 Å². The highest BCUT2D eigenvalue weighted by molar-refractivity contribution is 8.00. The number of benzene rings is 1. The van der Waals surface area contributed by atoms with E-state index in [1.54, 1.807) is 11.6 Å². The summed E-state index contributed by atoms with van der Waals surface area (Å²) in [5, 5.41) is 4.71. The van der Waals surface area contributed by atoms with Gasteiger partial charge in [0, 0.05) is 23.6 Å². The zero-order chi connectivity index (χ0) is 19.7. The van der Waals surface area contributed by atoms with Crippen molar-refractivity contribution in [1.82, 2.24) is 20.3 Å². The van der Waals surface area contributed by atoms with Gasteiger partial charge in [-0.1, -0.05) is 11.8 Å². The highest BCUT2D eigenvalue weighted by Crippen LogP contribution is 2.33. The first-order chi connectivity index (χ1) is 13.5. The van der Waals surface area contributed by atoms with E-state index < -0.39 is 0 Å². The largest absolute Gasteiger partial charge is 0.488 e. The highest BCUT2D eigenvalue weighted by atomic mass is 32.2. The van der Waals surface area contributed by atoms with Crippen molar-refractivity contribution in [2.75, 3.05) is 12.8 Å². The van der Waals surface area contributed by atoms with Gasteiger partial charge in [0.25, 0.3) is 5.91 Å². The Kier molecular flexibility index (Phi) is 5.32. The van der Waals surface area contributed by atoms with Crippen molar-refractivity contribution < 1.29 is 9.53 Å². The van der Waals surface area contributed by atoms with E-state index in [1.165, 1.54) is 23.1 Å². The zero-order valence-corrected chi connectivity index (χ0v) is 17.5. The van der Waals surface area contributed by atoms with Crippen molar-refractivity contribution >= 4 is 29.0 Å². The summed E-state index contributed by atoms with van der Waals surface area (Å²) in [6.07, 6.45) is 4.38. The highest BCUT2D eigenvalue weighted by Gasteiger charge is 2.24. The minimum atomic E-state index is -0.164. The van der Waals surface area contributed by atoms with Crippen LogP contribution in [0.4, 0.5) is 0 Å². The Balaban J connectivity index is 1.42. The van der Waals surface area contributed by atoms with Crippen LogP contribution in [0.2, 0.25) is 0 Å². The predicted molar refractivity (Wildman–Crippen MR) is 111 cm³/mol. The van der Waals surface area contributed by atoms with Crippen LogP contribution in [0.3, 0.4) is 0 Å². The quantitative estimate of drug-likeness (QED) is 0.645. The summed E-state index contributed by atoms with van der Waals surface area (Å²) in [5.41, 5.74) is 5.31. The maximum absolute atomic E-state index is 12.3. The first-order valence-electron chi connectivity index (χ1n) is 8.91. The summed E-state index contributed by atoms with van der Waals surface area (Å²) in [4.78, 5) is 25.6. The molecule has 2 aromatic heterocycles. The molecular formula is C20H20N4O2S2. The fourth-order valence-corrected chi connectivity index (χ4v) is 4.39. The first kappa shape index (κ1) is 18.9. The summed E-state index contributed by atoms with van der Waals surface area (Å²) in [7, 11) is 0. The van der Waals surface area contributed by atoms with Crippen LogP contribution in [-0.4, -0.2) is 39.8 Å². The molecule has 0 bridgehead atoms. The number of nitrogens with zero attached hydrogens (tertiary/aromatic N) is 3. The first-order valence-corrected chi connectivity index (χ1v) is 11.0. The lowest BCUT2D eigenvalue weighted by Crippen LogP contribution is -2.34. The van der Waals surface area contributed by atoms with Gasteiger partial charge in [-0.05, 0) is 43.9 Å². The fraction of sp³-hybridized carbons (Fsp3) is 0.300. The van der Waals surface area contributed by atoms with Gasteiger partial charge in [0.1, 0.15) is 21.9 Å². The SMILES string of the molecule is CSc1nc(C(=O)NCC2Cc3cc(-c4nc(C)cnc4C)ccc3O2)cs1. The second kappa shape index (κ2) is 7.89. The molecule has 1 aliphatic heterocycles. The molecule has 0 saturated carbocycles. The number of hydrogen-bond acceptors (Lipinski definition) is 7. The fourth-order valence-electron chi connectivity index (χ4n) is 3.14. The van der Waals surface area contributed by atoms with E-state index >= 15 is 0 Å². The Morgan fingerprint density at radius 1 is 1.36 bits per heavy atom. The Bertz CT molecular complexity index is 1030. The lowest BCUT2D eigenvalue weighted by atomic mass is 10.0. The van der Waals surface area contributed by atoms with Gasteiger partial charge in [0.15, 0.2) is 0 Å². The van der Waals surface area contributed by atoms with Gasteiger partial charge < -0.3 is 10.1 Å². The topological polar surface area (TPSA) is 77.0 Å². The third kappa shape index (κ3) is 3.88. The summed E-state index contributed by atoms with van der Waals surface area (Å²) in [5.74, 6) is 0.696. The molecule has 1 amide bonds. The summed E-state index contributed by atoms with van der Waals surface area (Å²) >= 11 is 3.01. The van der Waals surface area contributed by atoms with Crippen LogP contribution in [0.15, 0.2) is 34.1 Å². The Morgan fingerprint density at radius 3 is 3.00 bits per heavy atom. The molecule has 4 rings (SSSR count). The number of amides is 1. The Labute approximate surface area is 171 Å². The van der Waals surface area contributed by atoms with Crippen molar-refractivity contribution in [2.45, 2.75) is 30.7 Å². The molecule has 0 fully saturated rings. The van der Waals surface area contributed by atoms with Crippen LogP contribution in [0.5, 0.6) is 5.75 Å². The van der Waals surface area contributed by atoms with E-state index in [9.17, 15) is 4.79 Å². The molecule has 1 N–H and O–H groups in total. The zero-order valence-electron chi connectivity index (χ0n) is 15.9. The van der Waals surface area contributed by atoms with Gasteiger partial charge in [-0.15, -0.1) is 11.3 Å². The predicted octanol–water partition coefficient (Wildman–Crippen LogP) is 3.67. The maximum atomic E-state index is 12.3. The van der Waals surface area contributed by atoms with Gasteiger partial charge >= 0.3 is 0 Å². The summed E-state index contributed by atoms with van der Waals surface area (Å²) in [6.45, 7) is 4.35. The molecule has 3 heterocycles. The monoisotopic (exact) mass is 412 g/mol. The summed E-state index contributed by atoms with van der Waals surface area (Å²) in [6, 6.07) is 6.09. The lowest BCUT2D eigenvalue weighted by molar-refractivity contribution is 0.0929. The van der Waals surface area contributed by atoms with Gasteiger partial charge in [0.2, 0.25) is 0 Å². The van der Waals surface area contributed by atoms with Gasteiger partial charge in [-0.2, -0.15) is 0 Å². The van der Waals surface area contributed by atoms with Gasteiger partial charge in [-0.3, -0.25) is 9.78 Å². The molecule has 1 unspecified atom stereocenters. The number of ether oxygens (including phenoxy) is 1. The standard InChI is InChI=1S/C20H20N4O2S2/c1-11-8-21-12(2)18(23-11)13-4-5-17-14(6-13)7-15(26-17)9-22-19(25)16-10-28-20(24-16)27-3/h4-6,8,10,15H,7,9H2,1-3H3,(H,22,25). The normalized spacial score (nSPS) is 15.2. The van der Waals surface area contributed by atoms with Crippen LogP contribution in [0, 0.1) is 13.8 Å². The maximum Gasteiger partial charge on any atom is 0.270 e. The molecule has 0 saturated heterocycles. The van der Waals surface area contributed by atoms with Crippen molar-refractivity contribution in [2.24, 2.45) is 0 Å². The van der Waals surface area contributed by atoms with Crippen LogP contribution >= 0.6 is 23.1 Å². The number of aromatic nitrogens is 3. The molecule has 28 heavy (non-hydrogen) atoms. The third-order valence-electron chi connectivity index (χ3n) is 4.53.